The number of rotatable bonds is 4. The van der Waals surface area contributed by atoms with Crippen LogP contribution in [-0.4, -0.2) is 27.8 Å². The van der Waals surface area contributed by atoms with Gasteiger partial charge in [0.2, 0.25) is 11.8 Å². The van der Waals surface area contributed by atoms with E-state index in [1.807, 2.05) is 0 Å². The van der Waals surface area contributed by atoms with Gasteiger partial charge in [0.15, 0.2) is 0 Å². The number of amides is 1. The highest BCUT2D eigenvalue weighted by Gasteiger charge is 2.48. The third-order valence-electron chi connectivity index (χ3n) is 5.03. The van der Waals surface area contributed by atoms with E-state index in [0.717, 1.165) is 37.1 Å². The molecule has 1 saturated carbocycles. The van der Waals surface area contributed by atoms with Crippen LogP contribution in [-0.2, 0) is 16.4 Å². The van der Waals surface area contributed by atoms with E-state index in [4.69, 9.17) is 16.0 Å². The summed E-state index contributed by atoms with van der Waals surface area (Å²) in [5, 5.41) is 20.1. The molecule has 3 aromatic rings. The van der Waals surface area contributed by atoms with E-state index in [2.05, 4.69) is 27.4 Å². The Bertz CT molecular complexity index is 1220. The number of hydrogen-bond donors (Lipinski definition) is 2. The molecule has 164 valence electrons. The minimum absolute atomic E-state index is 0.0571. The highest BCUT2D eigenvalue weighted by Crippen LogP contribution is 2.47. The summed E-state index contributed by atoms with van der Waals surface area (Å²) in [6, 6.07) is 8.82. The third kappa shape index (κ3) is 4.61. The highest BCUT2D eigenvalue weighted by atomic mass is 35.5. The molecule has 1 amide bonds. The molecule has 1 aromatic heterocycles. The van der Waals surface area contributed by atoms with E-state index in [9.17, 15) is 23.1 Å². The first-order valence-corrected chi connectivity index (χ1v) is 9.83. The molecule has 32 heavy (non-hydrogen) atoms. The van der Waals surface area contributed by atoms with Crippen molar-refractivity contribution in [3.05, 3.63) is 64.5 Å². The largest absolute Gasteiger partial charge is 0.420 e. The number of halogens is 4. The van der Waals surface area contributed by atoms with Gasteiger partial charge in [0, 0.05) is 22.7 Å². The molecule has 1 aliphatic carbocycles. The molecule has 0 bridgehead atoms. The number of alkyl halides is 3. The maximum atomic E-state index is 12.6. The fraction of sp³-hybridized carbons (Fsp3) is 0.227. The molecule has 6 nitrogen and oxygen atoms in total. The molecule has 2 N–H and O–H groups in total. The molecule has 0 spiro atoms. The standard InChI is InChI=1S/C22H15ClF3N3O3/c23-17-11-14(19-28-29-20(32-19)21(12-30)9-10-21)2-1-13(17)3-8-18(31)27-16-6-4-15(5-7-16)22(24,25)26/h1-2,4-7,11,30H,9-10,12H2,(H,27,31). The van der Waals surface area contributed by atoms with Crippen LogP contribution < -0.4 is 5.32 Å². The van der Waals surface area contributed by atoms with Crippen molar-refractivity contribution in [2.75, 3.05) is 11.9 Å². The number of benzene rings is 2. The van der Waals surface area contributed by atoms with Crippen LogP contribution in [0, 0.1) is 11.8 Å². The number of aliphatic hydroxyl groups is 1. The second-order valence-corrected chi connectivity index (χ2v) is 7.73. The van der Waals surface area contributed by atoms with Crippen LogP contribution in [0.25, 0.3) is 11.5 Å². The fourth-order valence-corrected chi connectivity index (χ4v) is 3.15. The average molecular weight is 462 g/mol. The molecule has 10 heteroatoms. The zero-order valence-corrected chi connectivity index (χ0v) is 17.1. The molecule has 2 aromatic carbocycles. The maximum Gasteiger partial charge on any atom is 0.416 e. The van der Waals surface area contributed by atoms with Gasteiger partial charge >= 0.3 is 12.1 Å². The molecular formula is C22H15ClF3N3O3. The Kier molecular flexibility index (Phi) is 5.67. The number of carbonyl (C=O) groups is 1. The monoisotopic (exact) mass is 461 g/mol. The average Bonchev–Trinajstić information content (AvgIpc) is 3.40. The summed E-state index contributed by atoms with van der Waals surface area (Å²) >= 11 is 6.25. The van der Waals surface area contributed by atoms with Crippen LogP contribution in [0.5, 0.6) is 0 Å². The van der Waals surface area contributed by atoms with E-state index in [1.165, 1.54) is 0 Å². The first-order chi connectivity index (χ1) is 15.2. The smallest absolute Gasteiger partial charge is 0.416 e. The SMILES string of the molecule is O=C(C#Cc1ccc(-c2nnc(C3(CO)CC3)o2)cc1Cl)Nc1ccc(C(F)(F)F)cc1. The van der Waals surface area contributed by atoms with E-state index in [1.54, 1.807) is 18.2 Å². The number of anilines is 1. The van der Waals surface area contributed by atoms with Gasteiger partial charge in [0.05, 0.1) is 22.6 Å². The Labute approximate surface area is 185 Å². The zero-order chi connectivity index (χ0) is 22.9. The van der Waals surface area contributed by atoms with E-state index in [0.29, 0.717) is 17.0 Å². The fourth-order valence-electron chi connectivity index (χ4n) is 2.92. The Hall–Kier alpha value is -3.35. The summed E-state index contributed by atoms with van der Waals surface area (Å²) in [6.45, 7) is -0.0571. The summed E-state index contributed by atoms with van der Waals surface area (Å²) in [5.74, 6) is 4.90. The number of aromatic nitrogens is 2. The molecule has 4 rings (SSSR count). The maximum absolute atomic E-state index is 12.6. The first kappa shape index (κ1) is 21.9. The Balaban J connectivity index is 1.44. The van der Waals surface area contributed by atoms with Crippen molar-refractivity contribution < 1.29 is 27.5 Å². The van der Waals surface area contributed by atoms with E-state index in [-0.39, 0.29) is 23.2 Å². The van der Waals surface area contributed by atoms with Crippen molar-refractivity contribution in [2.24, 2.45) is 0 Å². The quantitative estimate of drug-likeness (QED) is 0.561. The highest BCUT2D eigenvalue weighted by molar-refractivity contribution is 6.32. The Morgan fingerprint density at radius 3 is 2.50 bits per heavy atom. The lowest BCUT2D eigenvalue weighted by molar-refractivity contribution is -0.137. The summed E-state index contributed by atoms with van der Waals surface area (Å²) < 4.78 is 43.4. The van der Waals surface area contributed by atoms with Crippen LogP contribution >= 0.6 is 11.6 Å². The van der Waals surface area contributed by atoms with Gasteiger partial charge in [0.25, 0.3) is 0 Å². The molecule has 0 saturated heterocycles. The molecule has 1 fully saturated rings. The summed E-state index contributed by atoms with van der Waals surface area (Å²) in [4.78, 5) is 12.0. The van der Waals surface area contributed by atoms with Crippen LogP contribution in [0.1, 0.15) is 29.9 Å². The number of carbonyl (C=O) groups excluding carboxylic acids is 1. The number of nitrogens with one attached hydrogen (secondary N) is 1. The van der Waals surface area contributed by atoms with Crippen molar-refractivity contribution in [3.8, 4) is 23.3 Å². The normalized spacial score (nSPS) is 14.4. The van der Waals surface area contributed by atoms with Crippen molar-refractivity contribution in [1.29, 1.82) is 0 Å². The zero-order valence-electron chi connectivity index (χ0n) is 16.3. The van der Waals surface area contributed by atoms with Gasteiger partial charge in [-0.3, -0.25) is 4.79 Å². The van der Waals surface area contributed by atoms with E-state index >= 15 is 0 Å². The van der Waals surface area contributed by atoms with Gasteiger partial charge in [-0.15, -0.1) is 10.2 Å². The lowest BCUT2D eigenvalue weighted by Crippen LogP contribution is -2.12. The minimum atomic E-state index is -4.45. The lowest BCUT2D eigenvalue weighted by atomic mass is 10.1. The number of hydrogen-bond acceptors (Lipinski definition) is 5. The van der Waals surface area contributed by atoms with Crippen molar-refractivity contribution in [3.63, 3.8) is 0 Å². The molecule has 0 aliphatic heterocycles. The summed E-state index contributed by atoms with van der Waals surface area (Å²) in [6.07, 6.45) is -2.88. The molecule has 0 atom stereocenters. The van der Waals surface area contributed by atoms with Gasteiger partial charge in [-0.25, -0.2) is 0 Å². The van der Waals surface area contributed by atoms with Crippen LogP contribution in [0.15, 0.2) is 46.9 Å². The summed E-state index contributed by atoms with van der Waals surface area (Å²) in [5.41, 5.74) is -0.150. The van der Waals surface area contributed by atoms with Gasteiger partial charge < -0.3 is 14.8 Å². The Morgan fingerprint density at radius 1 is 1.19 bits per heavy atom. The number of nitrogens with zero attached hydrogens (tertiary/aromatic N) is 2. The van der Waals surface area contributed by atoms with Gasteiger partial charge in [-0.1, -0.05) is 17.5 Å². The van der Waals surface area contributed by atoms with Crippen molar-refractivity contribution >= 4 is 23.2 Å². The van der Waals surface area contributed by atoms with Crippen molar-refractivity contribution in [2.45, 2.75) is 24.4 Å². The molecule has 1 heterocycles. The second kappa shape index (κ2) is 8.30. The van der Waals surface area contributed by atoms with Gasteiger partial charge in [-0.05, 0) is 55.3 Å². The second-order valence-electron chi connectivity index (χ2n) is 7.32. The molecule has 0 radical (unpaired) electrons. The Morgan fingerprint density at radius 2 is 1.91 bits per heavy atom. The lowest BCUT2D eigenvalue weighted by Gasteiger charge is -2.07. The van der Waals surface area contributed by atoms with E-state index < -0.39 is 23.1 Å². The van der Waals surface area contributed by atoms with Crippen molar-refractivity contribution in [1.82, 2.24) is 10.2 Å². The predicted molar refractivity (Wildman–Crippen MR) is 110 cm³/mol. The van der Waals surface area contributed by atoms with Crippen LogP contribution in [0.4, 0.5) is 18.9 Å². The van der Waals surface area contributed by atoms with Crippen LogP contribution in [0.2, 0.25) is 5.02 Å². The topological polar surface area (TPSA) is 88.2 Å². The molecule has 0 unspecified atom stereocenters. The molecular weight excluding hydrogens is 447 g/mol. The predicted octanol–water partition coefficient (Wildman–Crippen LogP) is 4.42. The minimum Gasteiger partial charge on any atom is -0.420 e. The summed E-state index contributed by atoms with van der Waals surface area (Å²) in [7, 11) is 0. The van der Waals surface area contributed by atoms with Gasteiger partial charge in [-0.2, -0.15) is 13.2 Å². The van der Waals surface area contributed by atoms with Gasteiger partial charge in [0.1, 0.15) is 0 Å². The number of aliphatic hydroxyl groups excluding tert-OH is 1. The third-order valence-corrected chi connectivity index (χ3v) is 5.34. The van der Waals surface area contributed by atoms with Crippen LogP contribution in [0.3, 0.4) is 0 Å². The first-order valence-electron chi connectivity index (χ1n) is 9.45. The molecule has 1 aliphatic rings.